The van der Waals surface area contributed by atoms with Gasteiger partial charge in [-0.2, -0.15) is 22.0 Å². The zero-order chi connectivity index (χ0) is 15.8. The second-order valence-electron chi connectivity index (χ2n) is 3.57. The van der Waals surface area contributed by atoms with Crippen LogP contribution in [0.3, 0.4) is 0 Å². The van der Waals surface area contributed by atoms with Crippen LogP contribution in [0.15, 0.2) is 5.16 Å². The van der Waals surface area contributed by atoms with Gasteiger partial charge in [-0.25, -0.2) is 13.6 Å². The molecule has 0 saturated carbocycles. The lowest BCUT2D eigenvalue weighted by Gasteiger charge is -2.19. The number of hydrogen-bond donors (Lipinski definition) is 1. The van der Waals surface area contributed by atoms with Gasteiger partial charge in [0.2, 0.25) is 5.82 Å². The number of nitrogens with zero attached hydrogens (tertiary/aromatic N) is 3. The molecule has 0 fully saturated rings. The smallest absolute Gasteiger partial charge is 0.383 e. The third-order valence-corrected chi connectivity index (χ3v) is 2.94. The Bertz CT molecular complexity index is 582. The number of nitrogens with two attached hydrogens (primary N) is 1. The van der Waals surface area contributed by atoms with Crippen LogP contribution in [0.2, 0.25) is 0 Å². The number of aromatic nitrogens is 3. The summed E-state index contributed by atoms with van der Waals surface area (Å²) in [5.74, 6) is -7.25. The Labute approximate surface area is 109 Å². The highest BCUT2D eigenvalue weighted by Crippen LogP contribution is 2.43. The monoisotopic (exact) mass is 324 g/mol. The molecule has 0 spiro atoms. The Kier molecular flexibility index (Phi) is 4.36. The first-order valence-corrected chi connectivity index (χ1v) is 6.37. The maximum Gasteiger partial charge on any atom is 0.461 e. The number of rotatable bonds is 5. The zero-order valence-corrected chi connectivity index (χ0v) is 10.7. The van der Waals surface area contributed by atoms with Gasteiger partial charge >= 0.3 is 12.1 Å². The number of sulfonamides is 1. The molecule has 116 valence electrons. The van der Waals surface area contributed by atoms with Crippen molar-refractivity contribution in [2.24, 2.45) is 5.14 Å². The molecule has 0 saturated heterocycles. The Morgan fingerprint density at radius 1 is 1.25 bits per heavy atom. The molecule has 0 amide bonds. The third-order valence-electron chi connectivity index (χ3n) is 2.13. The minimum atomic E-state index is -5.96. The maximum atomic E-state index is 13.2. The fraction of sp³-hybridized carbons (Fsp3) is 0.714. The van der Waals surface area contributed by atoms with E-state index in [1.165, 1.54) is 0 Å². The van der Waals surface area contributed by atoms with Gasteiger partial charge in [0.05, 0.1) is 13.2 Å². The minimum absolute atomic E-state index is 0.0618. The summed E-state index contributed by atoms with van der Waals surface area (Å²) in [4.78, 5) is 0. The highest BCUT2D eigenvalue weighted by atomic mass is 32.2. The van der Waals surface area contributed by atoms with Crippen molar-refractivity contribution in [3.8, 4) is 0 Å². The molecule has 0 aliphatic heterocycles. The van der Waals surface area contributed by atoms with Crippen molar-refractivity contribution in [2.75, 3.05) is 13.7 Å². The second-order valence-corrected chi connectivity index (χ2v) is 5.02. The molecule has 1 rings (SSSR count). The Morgan fingerprint density at radius 2 is 1.80 bits per heavy atom. The van der Waals surface area contributed by atoms with E-state index in [0.29, 0.717) is 0 Å². The van der Waals surface area contributed by atoms with E-state index in [2.05, 4.69) is 20.1 Å². The highest BCUT2D eigenvalue weighted by molar-refractivity contribution is 7.89. The predicted molar refractivity (Wildman–Crippen MR) is 53.2 cm³/mol. The van der Waals surface area contributed by atoms with E-state index < -0.39 is 39.6 Å². The number of ether oxygens (including phenoxy) is 1. The first-order chi connectivity index (χ1) is 8.93. The average molecular weight is 324 g/mol. The molecule has 20 heavy (non-hydrogen) atoms. The van der Waals surface area contributed by atoms with Crippen LogP contribution in [0.4, 0.5) is 22.0 Å². The van der Waals surface area contributed by atoms with Crippen LogP contribution in [0, 0.1) is 0 Å². The molecule has 13 heteroatoms. The summed E-state index contributed by atoms with van der Waals surface area (Å²) in [6, 6.07) is 0. The van der Waals surface area contributed by atoms with Crippen molar-refractivity contribution in [1.29, 1.82) is 0 Å². The summed E-state index contributed by atoms with van der Waals surface area (Å²) in [6.45, 7) is -0.988. The van der Waals surface area contributed by atoms with Gasteiger partial charge in [0, 0.05) is 7.11 Å². The second kappa shape index (κ2) is 5.21. The number of primary sulfonamides is 1. The predicted octanol–water partition coefficient (Wildman–Crippen LogP) is 0.226. The lowest BCUT2D eigenvalue weighted by Crippen LogP contribution is -2.37. The van der Waals surface area contributed by atoms with E-state index in [4.69, 9.17) is 0 Å². The molecular formula is C7H9F5N4O3S. The van der Waals surface area contributed by atoms with Gasteiger partial charge in [-0.3, -0.25) is 4.57 Å². The molecule has 1 aromatic rings. The fourth-order valence-corrected chi connectivity index (χ4v) is 1.88. The summed E-state index contributed by atoms with van der Waals surface area (Å²) in [7, 11) is -3.47. The van der Waals surface area contributed by atoms with Gasteiger partial charge in [0.25, 0.3) is 15.2 Å². The topological polar surface area (TPSA) is 100 Å². The van der Waals surface area contributed by atoms with Crippen LogP contribution in [-0.2, 0) is 27.2 Å². The lowest BCUT2D eigenvalue weighted by molar-refractivity contribution is -0.293. The molecule has 0 atom stereocenters. The molecule has 0 bridgehead atoms. The summed E-state index contributed by atoms with van der Waals surface area (Å²) < 4.78 is 90.1. The zero-order valence-electron chi connectivity index (χ0n) is 9.86. The van der Waals surface area contributed by atoms with E-state index in [1.54, 1.807) is 0 Å². The largest absolute Gasteiger partial charge is 0.461 e. The van der Waals surface area contributed by atoms with Crippen LogP contribution < -0.4 is 5.14 Å². The third kappa shape index (κ3) is 3.04. The van der Waals surface area contributed by atoms with Gasteiger partial charge in [-0.15, -0.1) is 10.2 Å². The van der Waals surface area contributed by atoms with Crippen LogP contribution in [0.1, 0.15) is 5.82 Å². The van der Waals surface area contributed by atoms with Gasteiger partial charge < -0.3 is 4.74 Å². The molecule has 0 aromatic carbocycles. The van der Waals surface area contributed by atoms with Gasteiger partial charge in [0.1, 0.15) is 0 Å². The van der Waals surface area contributed by atoms with Crippen LogP contribution in [0.5, 0.6) is 0 Å². The lowest BCUT2D eigenvalue weighted by atomic mass is 10.3. The molecule has 0 radical (unpaired) electrons. The van der Waals surface area contributed by atoms with Gasteiger partial charge in [0.15, 0.2) is 0 Å². The van der Waals surface area contributed by atoms with E-state index in [9.17, 15) is 30.4 Å². The highest BCUT2D eigenvalue weighted by Gasteiger charge is 2.62. The SMILES string of the molecule is COCCn1c(C(F)(F)C(F)(F)F)nnc1S(N)(=O)=O. The summed E-state index contributed by atoms with van der Waals surface area (Å²) in [5, 5.41) is 8.86. The standard InChI is InChI=1S/C7H9F5N4O3S/c1-19-3-2-16-4(6(8,9)7(10,11)12)14-15-5(16)20(13,17)18/h2-3H2,1H3,(H2,13,17,18). The Balaban J connectivity index is 3.45. The van der Waals surface area contributed by atoms with Gasteiger partial charge in [-0.1, -0.05) is 0 Å². The average Bonchev–Trinajstić information content (AvgIpc) is 2.68. The van der Waals surface area contributed by atoms with E-state index >= 15 is 0 Å². The quantitative estimate of drug-likeness (QED) is 0.781. The minimum Gasteiger partial charge on any atom is -0.383 e. The Morgan fingerprint density at radius 3 is 2.20 bits per heavy atom. The van der Waals surface area contributed by atoms with Crippen molar-refractivity contribution in [1.82, 2.24) is 14.8 Å². The number of methoxy groups -OCH3 is 1. The van der Waals surface area contributed by atoms with Gasteiger partial charge in [-0.05, 0) is 0 Å². The molecular weight excluding hydrogens is 315 g/mol. The molecule has 1 aromatic heterocycles. The molecule has 7 nitrogen and oxygen atoms in total. The fourth-order valence-electron chi connectivity index (χ4n) is 1.24. The number of alkyl halides is 5. The number of hydrogen-bond acceptors (Lipinski definition) is 5. The van der Waals surface area contributed by atoms with Crippen molar-refractivity contribution in [3.63, 3.8) is 0 Å². The van der Waals surface area contributed by atoms with Crippen LogP contribution in [-0.4, -0.2) is 43.1 Å². The van der Waals surface area contributed by atoms with Crippen molar-refractivity contribution < 1.29 is 35.1 Å². The normalized spacial score (nSPS) is 13.8. The maximum absolute atomic E-state index is 13.2. The summed E-state index contributed by atoms with van der Waals surface area (Å²) in [5.41, 5.74) is 0. The first kappa shape index (κ1) is 16.7. The van der Waals surface area contributed by atoms with Crippen LogP contribution in [0.25, 0.3) is 0 Å². The summed E-state index contributed by atoms with van der Waals surface area (Å²) >= 11 is 0. The van der Waals surface area contributed by atoms with Crippen molar-refractivity contribution >= 4 is 10.0 Å². The van der Waals surface area contributed by atoms with Crippen LogP contribution >= 0.6 is 0 Å². The molecule has 1 heterocycles. The van der Waals surface area contributed by atoms with E-state index in [0.717, 1.165) is 7.11 Å². The van der Waals surface area contributed by atoms with Crippen molar-refractivity contribution in [3.05, 3.63) is 5.82 Å². The van der Waals surface area contributed by atoms with E-state index in [1.807, 2.05) is 0 Å². The Hall–Kier alpha value is -1.34. The van der Waals surface area contributed by atoms with E-state index in [-0.39, 0.29) is 11.2 Å². The molecule has 2 N–H and O–H groups in total. The van der Waals surface area contributed by atoms with Crippen molar-refractivity contribution in [2.45, 2.75) is 23.8 Å². The molecule has 0 unspecified atom stereocenters. The first-order valence-electron chi connectivity index (χ1n) is 4.83. The summed E-state index contributed by atoms with van der Waals surface area (Å²) in [6.07, 6.45) is -5.96. The molecule has 0 aliphatic rings. The number of halogens is 5. The molecule has 0 aliphatic carbocycles.